The molecule has 0 aliphatic heterocycles. The van der Waals surface area contributed by atoms with Crippen molar-refractivity contribution in [2.24, 2.45) is 5.92 Å². The highest BCUT2D eigenvalue weighted by Crippen LogP contribution is 2.14. The molecule has 0 bridgehead atoms. The van der Waals surface area contributed by atoms with Gasteiger partial charge in [-0.2, -0.15) is 0 Å². The maximum absolute atomic E-state index is 12.0. The van der Waals surface area contributed by atoms with Crippen molar-refractivity contribution in [1.82, 2.24) is 10.6 Å². The van der Waals surface area contributed by atoms with Gasteiger partial charge in [0.05, 0.1) is 11.0 Å². The fourth-order valence-electron chi connectivity index (χ4n) is 2.10. The van der Waals surface area contributed by atoms with E-state index in [0.717, 1.165) is 5.56 Å². The van der Waals surface area contributed by atoms with Crippen molar-refractivity contribution >= 4 is 23.3 Å². The van der Waals surface area contributed by atoms with Gasteiger partial charge >= 0.3 is 6.09 Å². The molecule has 2 atom stereocenters. The van der Waals surface area contributed by atoms with Crippen molar-refractivity contribution in [1.29, 1.82) is 0 Å². The molecule has 0 fully saturated rings. The van der Waals surface area contributed by atoms with Gasteiger partial charge in [0, 0.05) is 6.04 Å². The van der Waals surface area contributed by atoms with Gasteiger partial charge in [0.15, 0.2) is 0 Å². The van der Waals surface area contributed by atoms with Crippen LogP contribution in [0.5, 0.6) is 0 Å². The van der Waals surface area contributed by atoms with Crippen LogP contribution in [-0.4, -0.2) is 22.7 Å². The summed E-state index contributed by atoms with van der Waals surface area (Å²) in [5, 5.41) is 6.17. The molecule has 1 rings (SSSR count). The molecular weight excluding hydrogens is 308 g/mol. The zero-order chi connectivity index (χ0) is 17.6. The SMILES string of the molecule is CC(C)[C@H](NC(=O)OC(C)(C)C)C(=S)N[C@H](C)c1ccccc1. The van der Waals surface area contributed by atoms with Crippen LogP contribution < -0.4 is 10.6 Å². The Hall–Kier alpha value is -1.62. The van der Waals surface area contributed by atoms with E-state index in [9.17, 15) is 4.79 Å². The summed E-state index contributed by atoms with van der Waals surface area (Å²) >= 11 is 5.51. The molecule has 0 saturated carbocycles. The predicted octanol–water partition coefficient (Wildman–Crippen LogP) is 4.21. The number of hydrogen-bond acceptors (Lipinski definition) is 3. The van der Waals surface area contributed by atoms with Crippen molar-refractivity contribution in [2.75, 3.05) is 0 Å². The Morgan fingerprint density at radius 1 is 1.09 bits per heavy atom. The summed E-state index contributed by atoms with van der Waals surface area (Å²) in [6, 6.07) is 9.87. The Kier molecular flexibility index (Phi) is 7.01. The molecule has 1 aromatic carbocycles. The number of hydrogen-bond donors (Lipinski definition) is 2. The Morgan fingerprint density at radius 3 is 2.13 bits per heavy atom. The number of benzene rings is 1. The van der Waals surface area contributed by atoms with Gasteiger partial charge in [0.25, 0.3) is 0 Å². The van der Waals surface area contributed by atoms with Crippen molar-refractivity contribution in [3.8, 4) is 0 Å². The first-order chi connectivity index (χ1) is 10.6. The van der Waals surface area contributed by atoms with E-state index in [2.05, 4.69) is 10.6 Å². The fourth-order valence-corrected chi connectivity index (χ4v) is 2.61. The van der Waals surface area contributed by atoms with Crippen LogP contribution in [0.3, 0.4) is 0 Å². The lowest BCUT2D eigenvalue weighted by Crippen LogP contribution is -2.50. The number of nitrogens with one attached hydrogen (secondary N) is 2. The number of alkyl carbamates (subject to hydrolysis) is 1. The lowest BCUT2D eigenvalue weighted by molar-refractivity contribution is 0.0508. The van der Waals surface area contributed by atoms with Gasteiger partial charge in [-0.25, -0.2) is 4.79 Å². The minimum atomic E-state index is -0.530. The highest BCUT2D eigenvalue weighted by molar-refractivity contribution is 7.80. The Balaban J connectivity index is 2.70. The van der Waals surface area contributed by atoms with Gasteiger partial charge in [0.1, 0.15) is 5.60 Å². The molecular formula is C18H28N2O2S. The number of amides is 1. The first kappa shape index (κ1) is 19.4. The Labute approximate surface area is 145 Å². The van der Waals surface area contributed by atoms with Gasteiger partial charge in [-0.05, 0) is 39.2 Å². The molecule has 0 heterocycles. The molecule has 1 aromatic rings. The number of carbonyl (C=O) groups is 1. The quantitative estimate of drug-likeness (QED) is 0.791. The van der Waals surface area contributed by atoms with E-state index >= 15 is 0 Å². The van der Waals surface area contributed by atoms with Crippen LogP contribution in [0, 0.1) is 5.92 Å². The number of ether oxygens (including phenoxy) is 1. The summed E-state index contributed by atoms with van der Waals surface area (Å²) in [5.74, 6) is 0.158. The zero-order valence-corrected chi connectivity index (χ0v) is 15.7. The van der Waals surface area contributed by atoms with Crippen LogP contribution in [0.15, 0.2) is 30.3 Å². The second-order valence-corrected chi connectivity index (χ2v) is 7.45. The molecule has 0 spiro atoms. The largest absolute Gasteiger partial charge is 0.444 e. The lowest BCUT2D eigenvalue weighted by atomic mass is 10.0. The molecule has 2 N–H and O–H groups in total. The third-order valence-corrected chi connectivity index (χ3v) is 3.65. The van der Waals surface area contributed by atoms with Gasteiger partial charge < -0.3 is 15.4 Å². The van der Waals surface area contributed by atoms with E-state index in [1.165, 1.54) is 0 Å². The van der Waals surface area contributed by atoms with Crippen LogP contribution in [0.25, 0.3) is 0 Å². The van der Waals surface area contributed by atoms with Gasteiger partial charge in [-0.1, -0.05) is 56.4 Å². The van der Waals surface area contributed by atoms with E-state index in [-0.39, 0.29) is 18.0 Å². The first-order valence-electron chi connectivity index (χ1n) is 7.95. The molecule has 23 heavy (non-hydrogen) atoms. The second-order valence-electron chi connectivity index (χ2n) is 7.01. The van der Waals surface area contributed by atoms with Crippen LogP contribution in [0.4, 0.5) is 4.79 Å². The zero-order valence-electron chi connectivity index (χ0n) is 14.8. The lowest BCUT2D eigenvalue weighted by Gasteiger charge is -2.28. The topological polar surface area (TPSA) is 50.4 Å². The smallest absolute Gasteiger partial charge is 0.408 e. The van der Waals surface area contributed by atoms with Crippen LogP contribution in [0.1, 0.15) is 53.1 Å². The predicted molar refractivity (Wildman–Crippen MR) is 98.6 cm³/mol. The third-order valence-electron chi connectivity index (χ3n) is 3.28. The number of thiocarbonyl (C=S) groups is 1. The maximum atomic E-state index is 12.0. The van der Waals surface area contributed by atoms with E-state index in [0.29, 0.717) is 4.99 Å². The Morgan fingerprint density at radius 2 is 1.65 bits per heavy atom. The number of carbonyl (C=O) groups excluding carboxylic acids is 1. The average Bonchev–Trinajstić information content (AvgIpc) is 2.43. The highest BCUT2D eigenvalue weighted by Gasteiger charge is 2.25. The minimum absolute atomic E-state index is 0.0744. The molecule has 128 valence electrons. The molecule has 0 saturated heterocycles. The van der Waals surface area contributed by atoms with Crippen molar-refractivity contribution in [3.05, 3.63) is 35.9 Å². The van der Waals surface area contributed by atoms with Crippen LogP contribution >= 0.6 is 12.2 Å². The standard InChI is InChI=1S/C18H28N2O2S/c1-12(2)15(20-17(21)22-18(4,5)6)16(23)19-13(3)14-10-8-7-9-11-14/h7-13,15H,1-6H3,(H,19,23)(H,20,21)/t13-,15+/m1/s1. The summed E-state index contributed by atoms with van der Waals surface area (Å²) in [6.07, 6.45) is -0.451. The Bertz CT molecular complexity index is 524. The second kappa shape index (κ2) is 8.29. The summed E-state index contributed by atoms with van der Waals surface area (Å²) in [7, 11) is 0. The molecule has 0 aromatic heterocycles. The first-order valence-corrected chi connectivity index (χ1v) is 8.36. The summed E-state index contributed by atoms with van der Waals surface area (Å²) in [4.78, 5) is 12.6. The molecule has 0 aliphatic carbocycles. The van der Waals surface area contributed by atoms with E-state index in [1.54, 1.807) is 0 Å². The highest BCUT2D eigenvalue weighted by atomic mass is 32.1. The van der Waals surface area contributed by atoms with Gasteiger partial charge in [-0.3, -0.25) is 0 Å². The normalized spacial score (nSPS) is 14.0. The summed E-state index contributed by atoms with van der Waals surface area (Å²) in [6.45, 7) is 11.6. The van der Waals surface area contributed by atoms with Crippen molar-refractivity contribution in [2.45, 2.75) is 59.2 Å². The van der Waals surface area contributed by atoms with E-state index in [1.807, 2.05) is 71.9 Å². The molecule has 0 aliphatic rings. The molecule has 0 unspecified atom stereocenters. The van der Waals surface area contributed by atoms with Crippen LogP contribution in [-0.2, 0) is 4.74 Å². The molecule has 4 nitrogen and oxygen atoms in total. The van der Waals surface area contributed by atoms with Crippen molar-refractivity contribution < 1.29 is 9.53 Å². The van der Waals surface area contributed by atoms with E-state index in [4.69, 9.17) is 17.0 Å². The van der Waals surface area contributed by atoms with Gasteiger partial charge in [0.2, 0.25) is 0 Å². The maximum Gasteiger partial charge on any atom is 0.408 e. The molecule has 5 heteroatoms. The number of rotatable bonds is 5. The van der Waals surface area contributed by atoms with Gasteiger partial charge in [-0.15, -0.1) is 0 Å². The van der Waals surface area contributed by atoms with Crippen LogP contribution in [0.2, 0.25) is 0 Å². The average molecular weight is 337 g/mol. The van der Waals surface area contributed by atoms with Crippen molar-refractivity contribution in [3.63, 3.8) is 0 Å². The minimum Gasteiger partial charge on any atom is -0.444 e. The third kappa shape index (κ3) is 6.99. The summed E-state index contributed by atoms with van der Waals surface area (Å²) < 4.78 is 5.32. The molecule has 1 amide bonds. The fraction of sp³-hybridized carbons (Fsp3) is 0.556. The summed E-state index contributed by atoms with van der Waals surface area (Å²) in [5.41, 5.74) is 0.618. The molecule has 0 radical (unpaired) electrons. The van der Waals surface area contributed by atoms with E-state index < -0.39 is 11.7 Å². The monoisotopic (exact) mass is 336 g/mol.